The van der Waals surface area contributed by atoms with E-state index in [9.17, 15) is 4.79 Å². The van der Waals surface area contributed by atoms with E-state index >= 15 is 0 Å². The first-order valence-corrected chi connectivity index (χ1v) is 6.34. The second-order valence-electron chi connectivity index (χ2n) is 3.88. The minimum absolute atomic E-state index is 0.0584. The van der Waals surface area contributed by atoms with Crippen LogP contribution in [-0.4, -0.2) is 12.5 Å². The number of amides is 1. The molecule has 0 unspecified atom stereocenters. The van der Waals surface area contributed by atoms with E-state index in [1.54, 1.807) is 30.3 Å². The third kappa shape index (κ3) is 4.31. The standard InChI is InChI=1S/C14H13ClN4O/c1-2-5-18-14(20)12-6-11(3-4-13(12)15)19-9-10(7-16)8-17/h3-4,6,9,19H,2,5H2,1H3,(H,18,20). The molecule has 0 fully saturated rings. The van der Waals surface area contributed by atoms with E-state index in [2.05, 4.69) is 10.6 Å². The van der Waals surface area contributed by atoms with Gasteiger partial charge in [-0.1, -0.05) is 18.5 Å². The van der Waals surface area contributed by atoms with Crippen molar-refractivity contribution in [1.82, 2.24) is 5.32 Å². The zero-order chi connectivity index (χ0) is 15.0. The maximum atomic E-state index is 11.9. The SMILES string of the molecule is CCCNC(=O)c1cc(NC=C(C#N)C#N)ccc1Cl. The molecule has 1 aromatic carbocycles. The lowest BCUT2D eigenvalue weighted by Gasteiger charge is -2.08. The molecule has 5 nitrogen and oxygen atoms in total. The Kier molecular flexibility index (Phi) is 6.09. The summed E-state index contributed by atoms with van der Waals surface area (Å²) in [6, 6.07) is 8.26. The molecule has 0 aliphatic rings. The van der Waals surface area contributed by atoms with Gasteiger partial charge in [0.15, 0.2) is 0 Å². The lowest BCUT2D eigenvalue weighted by molar-refractivity contribution is 0.0954. The number of nitrogens with one attached hydrogen (secondary N) is 2. The first kappa shape index (κ1) is 15.6. The van der Waals surface area contributed by atoms with Crippen molar-refractivity contribution in [3.8, 4) is 12.1 Å². The van der Waals surface area contributed by atoms with Gasteiger partial charge in [-0.2, -0.15) is 10.5 Å². The third-order valence-electron chi connectivity index (χ3n) is 2.37. The van der Waals surface area contributed by atoms with Crippen molar-refractivity contribution in [3.05, 3.63) is 40.6 Å². The molecule has 1 rings (SSSR count). The number of benzene rings is 1. The van der Waals surface area contributed by atoms with Crippen LogP contribution in [0.3, 0.4) is 0 Å². The van der Waals surface area contributed by atoms with E-state index in [1.807, 2.05) is 6.92 Å². The summed E-state index contributed by atoms with van der Waals surface area (Å²) in [6.45, 7) is 2.52. The molecular weight excluding hydrogens is 276 g/mol. The van der Waals surface area contributed by atoms with Crippen molar-refractivity contribution >= 4 is 23.2 Å². The summed E-state index contributed by atoms with van der Waals surface area (Å²) in [6.07, 6.45) is 2.11. The van der Waals surface area contributed by atoms with Crippen LogP contribution in [0.1, 0.15) is 23.7 Å². The Hall–Kier alpha value is -2.50. The van der Waals surface area contributed by atoms with Gasteiger partial charge in [0, 0.05) is 18.4 Å². The van der Waals surface area contributed by atoms with Crippen LogP contribution in [0.5, 0.6) is 0 Å². The number of rotatable bonds is 5. The molecule has 102 valence electrons. The number of allylic oxidation sites excluding steroid dienone is 1. The maximum Gasteiger partial charge on any atom is 0.252 e. The molecule has 20 heavy (non-hydrogen) atoms. The van der Waals surface area contributed by atoms with Crippen molar-refractivity contribution in [1.29, 1.82) is 10.5 Å². The highest BCUT2D eigenvalue weighted by atomic mass is 35.5. The van der Waals surface area contributed by atoms with Gasteiger partial charge in [-0.25, -0.2) is 0 Å². The largest absolute Gasteiger partial charge is 0.360 e. The number of hydrogen-bond donors (Lipinski definition) is 2. The molecule has 0 bridgehead atoms. The number of carbonyl (C=O) groups is 1. The van der Waals surface area contributed by atoms with Gasteiger partial charge in [0.2, 0.25) is 0 Å². The van der Waals surface area contributed by atoms with Crippen LogP contribution in [0.25, 0.3) is 0 Å². The zero-order valence-electron chi connectivity index (χ0n) is 10.9. The Morgan fingerprint density at radius 3 is 2.70 bits per heavy atom. The van der Waals surface area contributed by atoms with Gasteiger partial charge in [0.1, 0.15) is 17.7 Å². The van der Waals surface area contributed by atoms with Crippen LogP contribution in [0.4, 0.5) is 5.69 Å². The summed E-state index contributed by atoms with van der Waals surface area (Å²) in [7, 11) is 0. The number of carbonyl (C=O) groups excluding carboxylic acids is 1. The smallest absolute Gasteiger partial charge is 0.252 e. The fraction of sp³-hybridized carbons (Fsp3) is 0.214. The van der Waals surface area contributed by atoms with Crippen molar-refractivity contribution in [3.63, 3.8) is 0 Å². The van der Waals surface area contributed by atoms with E-state index in [-0.39, 0.29) is 11.5 Å². The van der Waals surface area contributed by atoms with E-state index < -0.39 is 0 Å². The molecule has 0 heterocycles. The fourth-order valence-corrected chi connectivity index (χ4v) is 1.57. The van der Waals surface area contributed by atoms with E-state index in [0.29, 0.717) is 22.8 Å². The van der Waals surface area contributed by atoms with Crippen LogP contribution < -0.4 is 10.6 Å². The summed E-state index contributed by atoms with van der Waals surface area (Å²) < 4.78 is 0. The highest BCUT2D eigenvalue weighted by Gasteiger charge is 2.10. The molecule has 0 saturated carbocycles. The molecule has 0 aromatic heterocycles. The Morgan fingerprint density at radius 1 is 1.40 bits per heavy atom. The minimum atomic E-state index is -0.259. The highest BCUT2D eigenvalue weighted by molar-refractivity contribution is 6.34. The van der Waals surface area contributed by atoms with Gasteiger partial charge in [-0.15, -0.1) is 0 Å². The first-order chi connectivity index (χ1) is 9.62. The van der Waals surface area contributed by atoms with Gasteiger partial charge >= 0.3 is 0 Å². The van der Waals surface area contributed by atoms with Crippen molar-refractivity contribution < 1.29 is 4.79 Å². The molecule has 0 aliphatic heterocycles. The number of halogens is 1. The summed E-state index contributed by atoms with van der Waals surface area (Å²) in [4.78, 5) is 11.9. The van der Waals surface area contributed by atoms with Crippen molar-refractivity contribution in [2.75, 3.05) is 11.9 Å². The van der Waals surface area contributed by atoms with E-state index in [0.717, 1.165) is 6.42 Å². The normalized spacial score (nSPS) is 9.00. The number of hydrogen-bond acceptors (Lipinski definition) is 4. The molecule has 0 radical (unpaired) electrons. The Bertz CT molecular complexity index is 595. The number of anilines is 1. The third-order valence-corrected chi connectivity index (χ3v) is 2.70. The molecule has 0 saturated heterocycles. The van der Waals surface area contributed by atoms with Gasteiger partial charge in [-0.05, 0) is 24.6 Å². The Labute approximate surface area is 122 Å². The first-order valence-electron chi connectivity index (χ1n) is 5.97. The van der Waals surface area contributed by atoms with Gasteiger partial charge < -0.3 is 10.6 Å². The second-order valence-corrected chi connectivity index (χ2v) is 4.28. The Balaban J connectivity index is 2.92. The average molecular weight is 289 g/mol. The van der Waals surface area contributed by atoms with Crippen LogP contribution >= 0.6 is 11.6 Å². The molecular formula is C14H13ClN4O. The predicted octanol–water partition coefficient (Wildman–Crippen LogP) is 2.82. The molecule has 1 aromatic rings. The molecule has 2 N–H and O–H groups in total. The summed E-state index contributed by atoms with van der Waals surface area (Å²) in [5.74, 6) is -0.259. The molecule has 1 amide bonds. The zero-order valence-corrected chi connectivity index (χ0v) is 11.7. The molecule has 6 heteroatoms. The average Bonchev–Trinajstić information content (AvgIpc) is 2.47. The summed E-state index contributed by atoms with van der Waals surface area (Å²) in [5, 5.41) is 23.1. The fourth-order valence-electron chi connectivity index (χ4n) is 1.37. The summed E-state index contributed by atoms with van der Waals surface area (Å²) in [5.41, 5.74) is 0.852. The quantitative estimate of drug-likeness (QED) is 0.815. The van der Waals surface area contributed by atoms with Gasteiger partial charge in [0.25, 0.3) is 5.91 Å². The van der Waals surface area contributed by atoms with Gasteiger partial charge in [0.05, 0.1) is 10.6 Å². The lowest BCUT2D eigenvalue weighted by atomic mass is 10.2. The maximum absolute atomic E-state index is 11.9. The Morgan fingerprint density at radius 2 is 2.10 bits per heavy atom. The predicted molar refractivity (Wildman–Crippen MR) is 77.0 cm³/mol. The van der Waals surface area contributed by atoms with Crippen molar-refractivity contribution in [2.45, 2.75) is 13.3 Å². The van der Waals surface area contributed by atoms with E-state index in [1.165, 1.54) is 6.20 Å². The monoisotopic (exact) mass is 288 g/mol. The summed E-state index contributed by atoms with van der Waals surface area (Å²) >= 11 is 5.98. The van der Waals surface area contributed by atoms with Crippen LogP contribution in [0.2, 0.25) is 5.02 Å². The van der Waals surface area contributed by atoms with Crippen LogP contribution in [0.15, 0.2) is 30.0 Å². The van der Waals surface area contributed by atoms with Crippen LogP contribution in [0, 0.1) is 22.7 Å². The lowest BCUT2D eigenvalue weighted by Crippen LogP contribution is -2.24. The van der Waals surface area contributed by atoms with E-state index in [4.69, 9.17) is 22.1 Å². The topological polar surface area (TPSA) is 88.7 Å². The van der Waals surface area contributed by atoms with Crippen molar-refractivity contribution in [2.24, 2.45) is 0 Å². The minimum Gasteiger partial charge on any atom is -0.360 e. The molecule has 0 aliphatic carbocycles. The van der Waals surface area contributed by atoms with Crippen LogP contribution in [-0.2, 0) is 0 Å². The molecule has 0 spiro atoms. The second kappa shape index (κ2) is 7.83. The van der Waals surface area contributed by atoms with Gasteiger partial charge in [-0.3, -0.25) is 4.79 Å². The molecule has 0 atom stereocenters. The highest BCUT2D eigenvalue weighted by Crippen LogP contribution is 2.20. The number of nitriles is 2. The number of nitrogens with zero attached hydrogens (tertiary/aromatic N) is 2.